The maximum atomic E-state index is 6.30. The van der Waals surface area contributed by atoms with Gasteiger partial charge >= 0.3 is 0 Å². The fraction of sp³-hybridized carbons (Fsp3) is 0.375. The summed E-state index contributed by atoms with van der Waals surface area (Å²) in [4.78, 5) is 15.7. The number of nitrogens with one attached hydrogen (secondary N) is 1. The van der Waals surface area contributed by atoms with Crippen LogP contribution in [0.1, 0.15) is 11.4 Å². The predicted octanol–water partition coefficient (Wildman–Crippen LogP) is 3.51. The summed E-state index contributed by atoms with van der Waals surface area (Å²) in [7, 11) is 4.84. The van der Waals surface area contributed by atoms with Gasteiger partial charge in [-0.15, -0.1) is 5.10 Å². The van der Waals surface area contributed by atoms with Crippen molar-refractivity contribution in [2.45, 2.75) is 13.2 Å². The molecule has 0 saturated carbocycles. The van der Waals surface area contributed by atoms with Crippen LogP contribution >= 0.6 is 11.3 Å². The van der Waals surface area contributed by atoms with E-state index < -0.39 is 0 Å². The number of rotatable bonds is 9. The van der Waals surface area contributed by atoms with E-state index >= 15 is 0 Å². The molecular formula is C24H26N6O6S. The molecule has 0 radical (unpaired) electrons. The zero-order chi connectivity index (χ0) is 25.4. The first-order chi connectivity index (χ1) is 18.1. The van der Waals surface area contributed by atoms with E-state index in [1.165, 1.54) is 11.3 Å². The molecule has 12 nitrogen and oxygen atoms in total. The second kappa shape index (κ2) is 9.92. The molecule has 1 aliphatic heterocycles. The molecule has 6 rings (SSSR count). The van der Waals surface area contributed by atoms with E-state index in [1.807, 2.05) is 18.2 Å². The third-order valence-corrected chi connectivity index (χ3v) is 6.96. The second-order valence-corrected chi connectivity index (χ2v) is 9.30. The Labute approximate surface area is 215 Å². The van der Waals surface area contributed by atoms with Crippen LogP contribution in [0, 0.1) is 0 Å². The van der Waals surface area contributed by atoms with E-state index in [9.17, 15) is 0 Å². The van der Waals surface area contributed by atoms with Crippen LogP contribution in [-0.2, 0) is 22.7 Å². The maximum absolute atomic E-state index is 6.30. The first kappa shape index (κ1) is 23.6. The Bertz CT molecular complexity index is 1500. The van der Waals surface area contributed by atoms with Gasteiger partial charge in [0.15, 0.2) is 5.76 Å². The van der Waals surface area contributed by atoms with Crippen LogP contribution in [0.4, 0.5) is 5.95 Å². The molecule has 1 fully saturated rings. The summed E-state index contributed by atoms with van der Waals surface area (Å²) in [6, 6.07) is 5.58. The normalized spacial score (nSPS) is 14.1. The summed E-state index contributed by atoms with van der Waals surface area (Å²) < 4.78 is 35.6. The average Bonchev–Trinajstić information content (AvgIpc) is 3.69. The van der Waals surface area contributed by atoms with Crippen molar-refractivity contribution < 1.29 is 28.1 Å². The van der Waals surface area contributed by atoms with Crippen LogP contribution in [0.5, 0.6) is 16.7 Å². The van der Waals surface area contributed by atoms with Crippen molar-refractivity contribution in [3.8, 4) is 28.1 Å². The fourth-order valence-electron chi connectivity index (χ4n) is 4.21. The lowest BCUT2D eigenvalue weighted by molar-refractivity contribution is 0.122. The highest BCUT2D eigenvalue weighted by Gasteiger charge is 2.20. The van der Waals surface area contributed by atoms with Crippen LogP contribution in [0.15, 0.2) is 28.8 Å². The van der Waals surface area contributed by atoms with E-state index in [1.54, 1.807) is 32.0 Å². The summed E-state index contributed by atoms with van der Waals surface area (Å²) in [5.41, 5.74) is 2.94. The van der Waals surface area contributed by atoms with Gasteiger partial charge in [0.2, 0.25) is 10.9 Å². The standard InChI is InChI=1S/C24H26N6O6S/c1-31-12-17-18(26-22(25-17)29-4-6-34-7-5-29)13-35-19-8-14(32-2)9-20-15(19)10-21(36-20)16-11-30-23(27-16)37-24(28-30)33-3/h8-11H,4-7,12-13H2,1-3H3,(H,25,26). The van der Waals surface area contributed by atoms with Crippen molar-refractivity contribution in [1.29, 1.82) is 0 Å². The Balaban J connectivity index is 1.30. The minimum atomic E-state index is 0.267. The molecule has 0 aliphatic carbocycles. The van der Waals surface area contributed by atoms with Gasteiger partial charge in [0.1, 0.15) is 29.4 Å². The van der Waals surface area contributed by atoms with Crippen LogP contribution in [0.25, 0.3) is 27.4 Å². The minimum absolute atomic E-state index is 0.267. The summed E-state index contributed by atoms with van der Waals surface area (Å²) in [5.74, 6) is 2.63. The number of ether oxygens (including phenoxy) is 5. The van der Waals surface area contributed by atoms with Crippen molar-refractivity contribution in [1.82, 2.24) is 24.6 Å². The van der Waals surface area contributed by atoms with Crippen LogP contribution in [0.3, 0.4) is 0 Å². The number of fused-ring (bicyclic) bond motifs is 2. The number of imidazole rings is 2. The summed E-state index contributed by atoms with van der Waals surface area (Å²) in [6.45, 7) is 3.55. The number of H-pyrrole nitrogens is 1. The van der Waals surface area contributed by atoms with E-state index in [0.717, 1.165) is 35.8 Å². The van der Waals surface area contributed by atoms with Crippen molar-refractivity contribution in [2.75, 3.05) is 52.5 Å². The van der Waals surface area contributed by atoms with Crippen molar-refractivity contribution in [3.63, 3.8) is 0 Å². The molecule has 5 aromatic rings. The highest BCUT2D eigenvalue weighted by Crippen LogP contribution is 2.37. The van der Waals surface area contributed by atoms with E-state index in [4.69, 9.17) is 33.1 Å². The highest BCUT2D eigenvalue weighted by molar-refractivity contribution is 7.18. The number of hydrogen-bond donors (Lipinski definition) is 1. The topological polar surface area (TPSA) is 121 Å². The van der Waals surface area contributed by atoms with Gasteiger partial charge in [-0.2, -0.15) is 0 Å². The van der Waals surface area contributed by atoms with Gasteiger partial charge in [0, 0.05) is 32.3 Å². The number of furan rings is 1. The third-order valence-electron chi connectivity index (χ3n) is 6.08. The second-order valence-electron chi connectivity index (χ2n) is 8.38. The maximum Gasteiger partial charge on any atom is 0.294 e. The highest BCUT2D eigenvalue weighted by atomic mass is 32.1. The van der Waals surface area contributed by atoms with Crippen LogP contribution < -0.4 is 19.1 Å². The number of hydrogen-bond acceptors (Lipinski definition) is 11. The SMILES string of the molecule is COCc1nc(N2CCOCC2)[nH]c1COc1cc(OC)cc2oc(-c3cn4nc(OC)sc4n3)cc12. The molecule has 0 atom stereocenters. The monoisotopic (exact) mass is 526 g/mol. The Morgan fingerprint density at radius 2 is 1.92 bits per heavy atom. The van der Waals surface area contributed by atoms with Crippen molar-refractivity contribution in [3.05, 3.63) is 35.8 Å². The van der Waals surface area contributed by atoms with Gasteiger partial charge in [0.25, 0.3) is 5.19 Å². The molecule has 194 valence electrons. The number of aromatic nitrogens is 5. The molecule has 1 aromatic carbocycles. The molecule has 0 bridgehead atoms. The molecule has 37 heavy (non-hydrogen) atoms. The number of benzene rings is 1. The quantitative estimate of drug-likeness (QED) is 0.305. The van der Waals surface area contributed by atoms with Gasteiger partial charge in [-0.05, 0) is 17.4 Å². The van der Waals surface area contributed by atoms with Gasteiger partial charge in [-0.3, -0.25) is 0 Å². The third kappa shape index (κ3) is 4.56. The molecule has 1 saturated heterocycles. The molecule has 0 unspecified atom stereocenters. The Morgan fingerprint density at radius 3 is 2.68 bits per heavy atom. The molecule has 0 amide bonds. The van der Waals surface area contributed by atoms with E-state index in [2.05, 4.69) is 20.0 Å². The number of morpholine rings is 1. The van der Waals surface area contributed by atoms with Crippen molar-refractivity contribution >= 4 is 33.2 Å². The summed E-state index contributed by atoms with van der Waals surface area (Å²) >= 11 is 1.35. The average molecular weight is 527 g/mol. The fourth-order valence-corrected chi connectivity index (χ4v) is 4.91. The lowest BCUT2D eigenvalue weighted by Gasteiger charge is -2.26. The van der Waals surface area contributed by atoms with Gasteiger partial charge < -0.3 is 38.0 Å². The molecular weight excluding hydrogens is 500 g/mol. The lowest BCUT2D eigenvalue weighted by Crippen LogP contribution is -2.36. The first-order valence-corrected chi connectivity index (χ1v) is 12.5. The van der Waals surface area contributed by atoms with Crippen LogP contribution in [0.2, 0.25) is 0 Å². The zero-order valence-corrected chi connectivity index (χ0v) is 21.5. The Kier molecular flexibility index (Phi) is 6.32. The number of anilines is 1. The molecule has 0 spiro atoms. The molecule has 13 heteroatoms. The molecule has 1 aliphatic rings. The zero-order valence-electron chi connectivity index (χ0n) is 20.6. The number of methoxy groups -OCH3 is 3. The van der Waals surface area contributed by atoms with E-state index in [-0.39, 0.29) is 6.61 Å². The molecule has 1 N–H and O–H groups in total. The minimum Gasteiger partial charge on any atom is -0.496 e. The van der Waals surface area contributed by atoms with Crippen molar-refractivity contribution in [2.24, 2.45) is 0 Å². The Morgan fingerprint density at radius 1 is 1.05 bits per heavy atom. The molecule has 4 aromatic heterocycles. The van der Waals surface area contributed by atoms with Gasteiger partial charge in [-0.25, -0.2) is 14.5 Å². The lowest BCUT2D eigenvalue weighted by atomic mass is 10.2. The largest absolute Gasteiger partial charge is 0.496 e. The summed E-state index contributed by atoms with van der Waals surface area (Å²) in [5, 5.41) is 5.68. The Hall–Kier alpha value is -3.81. The predicted molar refractivity (Wildman–Crippen MR) is 136 cm³/mol. The summed E-state index contributed by atoms with van der Waals surface area (Å²) in [6.07, 6.45) is 1.80. The van der Waals surface area contributed by atoms with Gasteiger partial charge in [-0.1, -0.05) is 0 Å². The smallest absolute Gasteiger partial charge is 0.294 e. The van der Waals surface area contributed by atoms with E-state index in [0.29, 0.717) is 58.5 Å². The molecule has 5 heterocycles. The number of nitrogens with zero attached hydrogens (tertiary/aromatic N) is 5. The van der Waals surface area contributed by atoms with Gasteiger partial charge in [0.05, 0.1) is 57.0 Å². The first-order valence-electron chi connectivity index (χ1n) is 11.7. The van der Waals surface area contributed by atoms with Crippen LogP contribution in [-0.4, -0.2) is 72.2 Å². The number of aromatic amines is 1.